The van der Waals surface area contributed by atoms with Gasteiger partial charge >= 0.3 is 5.97 Å². The molecule has 4 N–H and O–H groups in total. The number of fused-ring (bicyclic) bond motifs is 1. The van der Waals surface area contributed by atoms with Crippen molar-refractivity contribution in [2.75, 3.05) is 34.0 Å². The predicted octanol–water partition coefficient (Wildman–Crippen LogP) is 3.67. The van der Waals surface area contributed by atoms with E-state index in [2.05, 4.69) is 15.2 Å². The molecule has 1 amide bonds. The van der Waals surface area contributed by atoms with E-state index >= 15 is 0 Å². The van der Waals surface area contributed by atoms with Crippen molar-refractivity contribution in [1.29, 1.82) is 0 Å². The van der Waals surface area contributed by atoms with E-state index in [1.54, 1.807) is 18.3 Å². The van der Waals surface area contributed by atoms with Gasteiger partial charge in [0.1, 0.15) is 0 Å². The average Bonchev–Trinajstić information content (AvgIpc) is 3.30. The molecule has 1 aromatic heterocycles. The second-order valence-electron chi connectivity index (χ2n) is 9.10. The number of benzene rings is 2. The van der Waals surface area contributed by atoms with E-state index in [1.165, 1.54) is 11.3 Å². The summed E-state index contributed by atoms with van der Waals surface area (Å²) in [6.07, 6.45) is 3.10. The summed E-state index contributed by atoms with van der Waals surface area (Å²) in [5.74, 6) is 0.0868. The molecule has 1 aliphatic heterocycles. The van der Waals surface area contributed by atoms with Crippen molar-refractivity contribution < 1.29 is 24.2 Å². The number of carbonyl (C=O) groups is 2. The molecule has 0 saturated heterocycles. The standard InChI is InChI=1S/C15H19ClN4OS.C11H10O4/c1-20(2)8-7-18-13(10-5-3-4-6-11(10)16)12-9-19-15(22-12)14(17)21;12-10(13)11(3-4-11)7-1-2-8-9(5-7)15-6-14-8/h3-6,9,13,18H,7-8H2,1-2H3,(H2,17,21);1-2,5H,3-4,6H2,(H,12,13). The Kier molecular flexibility index (Phi) is 8.33. The lowest BCUT2D eigenvalue weighted by atomic mass is 9.96. The number of carbonyl (C=O) groups excluding carboxylic acids is 1. The SMILES string of the molecule is CN(C)CCNC(c1cnc(C(N)=O)s1)c1ccccc1Cl.O=C(O)C1(c2ccc3c(c2)OCO3)CC1. The summed E-state index contributed by atoms with van der Waals surface area (Å²) < 4.78 is 10.4. The van der Waals surface area contributed by atoms with Crippen LogP contribution in [-0.4, -0.2) is 60.8 Å². The number of aromatic nitrogens is 1. The van der Waals surface area contributed by atoms with E-state index in [-0.39, 0.29) is 12.8 Å². The van der Waals surface area contributed by atoms with Crippen LogP contribution >= 0.6 is 22.9 Å². The number of likely N-dealkylation sites (N-methyl/N-ethyl adjacent to an activating group) is 1. The van der Waals surface area contributed by atoms with Crippen molar-refractivity contribution in [3.05, 3.63) is 74.7 Å². The molecule has 0 spiro atoms. The third-order valence-electron chi connectivity index (χ3n) is 6.23. The van der Waals surface area contributed by atoms with Gasteiger partial charge in [0.25, 0.3) is 5.91 Å². The fourth-order valence-electron chi connectivity index (χ4n) is 3.98. The lowest BCUT2D eigenvalue weighted by Gasteiger charge is -2.20. The molecular weight excluding hydrogens is 516 g/mol. The van der Waals surface area contributed by atoms with Gasteiger partial charge in [-0.2, -0.15) is 0 Å². The zero-order chi connectivity index (χ0) is 26.6. The Balaban J connectivity index is 0.000000184. The lowest BCUT2D eigenvalue weighted by molar-refractivity contribution is -0.140. The maximum absolute atomic E-state index is 11.3. The van der Waals surface area contributed by atoms with Gasteiger partial charge in [0.05, 0.1) is 11.5 Å². The molecule has 1 unspecified atom stereocenters. The van der Waals surface area contributed by atoms with Crippen LogP contribution in [0.4, 0.5) is 0 Å². The van der Waals surface area contributed by atoms with Crippen molar-refractivity contribution in [3.8, 4) is 11.5 Å². The van der Waals surface area contributed by atoms with Gasteiger partial charge in [-0.25, -0.2) is 4.98 Å². The van der Waals surface area contributed by atoms with Gasteiger partial charge in [-0.15, -0.1) is 11.3 Å². The molecule has 1 fully saturated rings. The van der Waals surface area contributed by atoms with Crippen molar-refractivity contribution in [2.45, 2.75) is 24.3 Å². The number of hydrogen-bond donors (Lipinski definition) is 3. The summed E-state index contributed by atoms with van der Waals surface area (Å²) in [7, 11) is 4.04. The zero-order valence-corrected chi connectivity index (χ0v) is 22.1. The highest BCUT2D eigenvalue weighted by Gasteiger charge is 2.52. The second kappa shape index (κ2) is 11.5. The normalized spacial score (nSPS) is 15.6. The number of primary amides is 1. The number of nitrogens with one attached hydrogen (secondary N) is 1. The fraction of sp³-hybridized carbons (Fsp3) is 0.346. The van der Waals surface area contributed by atoms with Crippen LogP contribution in [0.1, 0.15) is 44.7 Å². The fourth-order valence-corrected chi connectivity index (χ4v) is 5.09. The molecule has 2 aromatic carbocycles. The van der Waals surface area contributed by atoms with Crippen LogP contribution in [0.15, 0.2) is 48.7 Å². The number of thiazole rings is 1. The van der Waals surface area contributed by atoms with Crippen LogP contribution in [0.5, 0.6) is 11.5 Å². The molecule has 196 valence electrons. The Morgan fingerprint density at radius 3 is 2.57 bits per heavy atom. The third kappa shape index (κ3) is 6.22. The van der Waals surface area contributed by atoms with Crippen molar-refractivity contribution in [2.24, 2.45) is 5.73 Å². The van der Waals surface area contributed by atoms with Gasteiger partial charge in [0, 0.05) is 29.2 Å². The third-order valence-corrected chi connectivity index (χ3v) is 7.65. The molecular formula is C26H29ClN4O5S. The molecule has 0 bridgehead atoms. The van der Waals surface area contributed by atoms with Gasteiger partial charge in [-0.3, -0.25) is 9.59 Å². The summed E-state index contributed by atoms with van der Waals surface area (Å²) in [5.41, 5.74) is 6.41. The van der Waals surface area contributed by atoms with Crippen molar-refractivity contribution in [3.63, 3.8) is 0 Å². The van der Waals surface area contributed by atoms with Gasteiger partial charge in [-0.05, 0) is 56.3 Å². The largest absolute Gasteiger partial charge is 0.481 e. The number of nitrogens with two attached hydrogens (primary N) is 1. The van der Waals surface area contributed by atoms with Crippen LogP contribution in [0.25, 0.3) is 0 Å². The van der Waals surface area contributed by atoms with E-state index < -0.39 is 17.3 Å². The Morgan fingerprint density at radius 2 is 1.95 bits per heavy atom. The zero-order valence-electron chi connectivity index (χ0n) is 20.6. The monoisotopic (exact) mass is 544 g/mol. The predicted molar refractivity (Wildman–Crippen MR) is 142 cm³/mol. The lowest BCUT2D eigenvalue weighted by Crippen LogP contribution is -2.30. The summed E-state index contributed by atoms with van der Waals surface area (Å²) in [5, 5.41) is 13.6. The van der Waals surface area contributed by atoms with Crippen LogP contribution in [0.3, 0.4) is 0 Å². The molecule has 2 aliphatic rings. The van der Waals surface area contributed by atoms with E-state index in [4.69, 9.17) is 31.9 Å². The highest BCUT2D eigenvalue weighted by atomic mass is 35.5. The van der Waals surface area contributed by atoms with Crippen molar-refractivity contribution in [1.82, 2.24) is 15.2 Å². The second-order valence-corrected chi connectivity index (χ2v) is 10.6. The first-order valence-corrected chi connectivity index (χ1v) is 12.9. The summed E-state index contributed by atoms with van der Waals surface area (Å²) >= 11 is 7.61. The molecule has 1 aliphatic carbocycles. The number of ether oxygens (including phenoxy) is 2. The van der Waals surface area contributed by atoms with Crippen LogP contribution in [0, 0.1) is 0 Å². The number of aliphatic carboxylic acids is 1. The van der Waals surface area contributed by atoms with Gasteiger partial charge < -0.3 is 30.5 Å². The number of carboxylic acid groups (broad SMARTS) is 1. The molecule has 37 heavy (non-hydrogen) atoms. The average molecular weight is 545 g/mol. The van der Waals surface area contributed by atoms with Crippen LogP contribution in [0.2, 0.25) is 5.02 Å². The Morgan fingerprint density at radius 1 is 1.22 bits per heavy atom. The molecule has 3 aromatic rings. The Bertz CT molecular complexity index is 1280. The number of rotatable bonds is 9. The Hall–Kier alpha value is -3.18. The Labute approximate surface area is 224 Å². The summed E-state index contributed by atoms with van der Waals surface area (Å²) in [6, 6.07) is 12.9. The highest BCUT2D eigenvalue weighted by Crippen LogP contribution is 2.50. The van der Waals surface area contributed by atoms with Crippen molar-refractivity contribution >= 4 is 34.8 Å². The first-order valence-electron chi connectivity index (χ1n) is 11.7. The molecule has 1 saturated carbocycles. The van der Waals surface area contributed by atoms with Crippen LogP contribution in [-0.2, 0) is 10.2 Å². The molecule has 1 atom stereocenters. The smallest absolute Gasteiger partial charge is 0.314 e. The maximum atomic E-state index is 11.3. The van der Waals surface area contributed by atoms with Gasteiger partial charge in [0.2, 0.25) is 6.79 Å². The minimum absolute atomic E-state index is 0.112. The highest BCUT2D eigenvalue weighted by molar-refractivity contribution is 7.13. The number of halogens is 1. The first kappa shape index (κ1) is 26.9. The van der Waals surface area contributed by atoms with E-state index in [9.17, 15) is 9.59 Å². The van der Waals surface area contributed by atoms with E-state index in [0.29, 0.717) is 34.4 Å². The number of hydrogen-bond acceptors (Lipinski definition) is 8. The molecule has 0 radical (unpaired) electrons. The number of nitrogens with zero attached hydrogens (tertiary/aromatic N) is 2. The maximum Gasteiger partial charge on any atom is 0.314 e. The minimum atomic E-state index is -0.749. The molecule has 2 heterocycles. The van der Waals surface area contributed by atoms with Gasteiger partial charge in [-0.1, -0.05) is 35.9 Å². The van der Waals surface area contributed by atoms with E-state index in [1.807, 2.05) is 44.4 Å². The first-order chi connectivity index (χ1) is 17.7. The van der Waals surface area contributed by atoms with E-state index in [0.717, 1.165) is 29.1 Å². The molecule has 9 nitrogen and oxygen atoms in total. The summed E-state index contributed by atoms with van der Waals surface area (Å²) in [4.78, 5) is 29.5. The van der Waals surface area contributed by atoms with Crippen LogP contribution < -0.4 is 20.5 Å². The number of amides is 1. The number of carboxylic acids is 1. The molecule has 11 heteroatoms. The topological polar surface area (TPSA) is 127 Å². The minimum Gasteiger partial charge on any atom is -0.481 e. The quantitative estimate of drug-likeness (QED) is 0.372. The van der Waals surface area contributed by atoms with Gasteiger partial charge in [0.15, 0.2) is 16.5 Å². The molecule has 5 rings (SSSR count). The summed E-state index contributed by atoms with van der Waals surface area (Å²) in [6.45, 7) is 1.90.